The number of amides is 1. The number of hydrogen-bond donors (Lipinski definition) is 1. The molecule has 0 aliphatic carbocycles. The largest absolute Gasteiger partial charge is 0.271 e. The summed E-state index contributed by atoms with van der Waals surface area (Å²) < 4.78 is 0. The molecule has 0 spiro atoms. The third-order valence-electron chi connectivity index (χ3n) is 3.15. The first-order valence-corrected chi connectivity index (χ1v) is 7.26. The first kappa shape index (κ1) is 16.6. The van der Waals surface area contributed by atoms with Gasteiger partial charge in [0.25, 0.3) is 11.6 Å². The fourth-order valence-electron chi connectivity index (χ4n) is 1.91. The number of rotatable bonds is 5. The summed E-state index contributed by atoms with van der Waals surface area (Å²) in [5.74, 6) is -0.431. The predicted octanol–water partition coefficient (Wildman–Crippen LogP) is 3.79. The zero-order chi connectivity index (χ0) is 16.8. The number of benzene rings is 2. The average molecular weight is 332 g/mol. The zero-order valence-corrected chi connectivity index (χ0v) is 13.1. The van der Waals surface area contributed by atoms with E-state index in [4.69, 9.17) is 11.6 Å². The number of nitro benzene ring substituents is 1. The predicted molar refractivity (Wildman–Crippen MR) is 88.8 cm³/mol. The molecule has 0 bridgehead atoms. The van der Waals surface area contributed by atoms with Crippen LogP contribution in [0.2, 0.25) is 5.02 Å². The molecule has 0 fully saturated rings. The van der Waals surface area contributed by atoms with E-state index in [1.54, 1.807) is 12.1 Å². The summed E-state index contributed by atoms with van der Waals surface area (Å²) in [7, 11) is 0. The molecule has 0 aliphatic heterocycles. The third kappa shape index (κ3) is 4.37. The number of nitrogens with one attached hydrogen (secondary N) is 1. The van der Waals surface area contributed by atoms with Crippen molar-refractivity contribution in [1.29, 1.82) is 0 Å². The summed E-state index contributed by atoms with van der Waals surface area (Å²) in [6.45, 7) is 1.92. The topological polar surface area (TPSA) is 84.6 Å². The Kier molecular flexibility index (Phi) is 5.43. The molecular weight excluding hydrogens is 318 g/mol. The summed E-state index contributed by atoms with van der Waals surface area (Å²) in [4.78, 5) is 22.1. The SMILES string of the molecule is CCC(=NNC(=O)c1ccc([N+](=O)[O-])cc1)c1ccc(Cl)cc1. The van der Waals surface area contributed by atoms with E-state index >= 15 is 0 Å². The summed E-state index contributed by atoms with van der Waals surface area (Å²) in [5, 5.41) is 15.3. The number of carbonyl (C=O) groups is 1. The Morgan fingerprint density at radius 3 is 2.22 bits per heavy atom. The van der Waals surface area contributed by atoms with Crippen molar-refractivity contribution in [1.82, 2.24) is 5.43 Å². The first-order chi connectivity index (χ1) is 11.0. The molecule has 2 aromatic rings. The van der Waals surface area contributed by atoms with Crippen molar-refractivity contribution in [3.63, 3.8) is 0 Å². The zero-order valence-electron chi connectivity index (χ0n) is 12.3. The molecule has 2 aromatic carbocycles. The van der Waals surface area contributed by atoms with E-state index in [-0.39, 0.29) is 5.69 Å². The maximum absolute atomic E-state index is 12.0. The van der Waals surface area contributed by atoms with Gasteiger partial charge in [0.15, 0.2) is 0 Å². The van der Waals surface area contributed by atoms with Gasteiger partial charge in [-0.3, -0.25) is 14.9 Å². The van der Waals surface area contributed by atoms with Crippen LogP contribution in [0.1, 0.15) is 29.3 Å². The van der Waals surface area contributed by atoms with Crippen LogP contribution in [-0.2, 0) is 0 Å². The molecule has 118 valence electrons. The highest BCUT2D eigenvalue weighted by atomic mass is 35.5. The molecule has 2 rings (SSSR count). The number of carbonyl (C=O) groups excluding carboxylic acids is 1. The molecule has 0 saturated carbocycles. The standard InChI is InChI=1S/C16H14ClN3O3/c1-2-15(11-3-7-13(17)8-4-11)18-19-16(21)12-5-9-14(10-6-12)20(22)23/h3-10H,2H2,1H3,(H,19,21). The number of halogens is 1. The van der Waals surface area contributed by atoms with Crippen LogP contribution in [0.25, 0.3) is 0 Å². The van der Waals surface area contributed by atoms with Crippen molar-refractivity contribution in [2.24, 2.45) is 5.10 Å². The average Bonchev–Trinajstić information content (AvgIpc) is 2.56. The molecule has 0 aromatic heterocycles. The van der Waals surface area contributed by atoms with E-state index < -0.39 is 10.8 Å². The van der Waals surface area contributed by atoms with Gasteiger partial charge in [-0.2, -0.15) is 5.10 Å². The monoisotopic (exact) mass is 331 g/mol. The van der Waals surface area contributed by atoms with Crippen molar-refractivity contribution in [3.05, 3.63) is 74.8 Å². The second-order valence-corrected chi connectivity index (χ2v) is 5.10. The minimum atomic E-state index is -0.518. The number of hydrogen-bond acceptors (Lipinski definition) is 4. The lowest BCUT2D eigenvalue weighted by molar-refractivity contribution is -0.384. The van der Waals surface area contributed by atoms with Gasteiger partial charge >= 0.3 is 0 Å². The highest BCUT2D eigenvalue weighted by molar-refractivity contribution is 6.30. The number of non-ortho nitro benzene ring substituents is 1. The van der Waals surface area contributed by atoms with Crippen molar-refractivity contribution in [3.8, 4) is 0 Å². The van der Waals surface area contributed by atoms with Gasteiger partial charge in [0, 0.05) is 22.7 Å². The number of hydrazone groups is 1. The Balaban J connectivity index is 2.11. The molecule has 6 nitrogen and oxygen atoms in total. The first-order valence-electron chi connectivity index (χ1n) is 6.88. The molecule has 0 saturated heterocycles. The van der Waals surface area contributed by atoms with Crippen LogP contribution in [0.5, 0.6) is 0 Å². The van der Waals surface area contributed by atoms with Gasteiger partial charge in [0.2, 0.25) is 0 Å². The molecular formula is C16H14ClN3O3. The third-order valence-corrected chi connectivity index (χ3v) is 3.40. The Labute approximate surface area is 137 Å². The van der Waals surface area contributed by atoms with Crippen LogP contribution in [0.4, 0.5) is 5.69 Å². The van der Waals surface area contributed by atoms with Gasteiger partial charge in [0.1, 0.15) is 0 Å². The molecule has 0 atom stereocenters. The Morgan fingerprint density at radius 2 is 1.70 bits per heavy atom. The molecule has 1 N–H and O–H groups in total. The summed E-state index contributed by atoms with van der Waals surface area (Å²) in [5.41, 5.74) is 4.25. The van der Waals surface area contributed by atoms with Crippen LogP contribution in [-0.4, -0.2) is 16.5 Å². The van der Waals surface area contributed by atoms with Crippen molar-refractivity contribution in [2.75, 3.05) is 0 Å². The Bertz CT molecular complexity index is 740. The smallest absolute Gasteiger partial charge is 0.267 e. The lowest BCUT2D eigenvalue weighted by Crippen LogP contribution is -2.20. The van der Waals surface area contributed by atoms with Gasteiger partial charge in [-0.25, -0.2) is 5.43 Å². The van der Waals surface area contributed by atoms with Crippen molar-refractivity contribution >= 4 is 28.9 Å². The number of nitro groups is 1. The Morgan fingerprint density at radius 1 is 1.13 bits per heavy atom. The molecule has 0 heterocycles. The van der Waals surface area contributed by atoms with Gasteiger partial charge in [-0.1, -0.05) is 30.7 Å². The lowest BCUT2D eigenvalue weighted by atomic mass is 10.1. The van der Waals surface area contributed by atoms with E-state index in [0.29, 0.717) is 22.7 Å². The van der Waals surface area contributed by atoms with Gasteiger partial charge in [-0.15, -0.1) is 0 Å². The minimum absolute atomic E-state index is 0.0690. The van der Waals surface area contributed by atoms with Crippen molar-refractivity contribution < 1.29 is 9.72 Å². The summed E-state index contributed by atoms with van der Waals surface area (Å²) in [6, 6.07) is 12.5. The van der Waals surface area contributed by atoms with Crippen LogP contribution in [0.3, 0.4) is 0 Å². The minimum Gasteiger partial charge on any atom is -0.267 e. The van der Waals surface area contributed by atoms with Crippen LogP contribution < -0.4 is 5.43 Å². The fraction of sp³-hybridized carbons (Fsp3) is 0.125. The van der Waals surface area contributed by atoms with Gasteiger partial charge in [0.05, 0.1) is 10.6 Å². The lowest BCUT2D eigenvalue weighted by Gasteiger charge is -2.05. The fourth-order valence-corrected chi connectivity index (χ4v) is 2.03. The maximum atomic E-state index is 12.0. The van der Waals surface area contributed by atoms with Gasteiger partial charge < -0.3 is 0 Å². The molecule has 23 heavy (non-hydrogen) atoms. The highest BCUT2D eigenvalue weighted by Gasteiger charge is 2.09. The van der Waals surface area contributed by atoms with Gasteiger partial charge in [-0.05, 0) is 36.2 Å². The van der Waals surface area contributed by atoms with Crippen LogP contribution in [0.15, 0.2) is 53.6 Å². The maximum Gasteiger partial charge on any atom is 0.271 e. The van der Waals surface area contributed by atoms with E-state index in [1.807, 2.05) is 19.1 Å². The normalized spacial score (nSPS) is 11.1. The van der Waals surface area contributed by atoms with Crippen molar-refractivity contribution in [2.45, 2.75) is 13.3 Å². The second kappa shape index (κ2) is 7.51. The summed E-state index contributed by atoms with van der Waals surface area (Å²) in [6.07, 6.45) is 0.627. The second-order valence-electron chi connectivity index (χ2n) is 4.66. The number of nitrogens with zero attached hydrogens (tertiary/aromatic N) is 2. The van der Waals surface area contributed by atoms with Crippen LogP contribution in [0, 0.1) is 10.1 Å². The van der Waals surface area contributed by atoms with E-state index in [2.05, 4.69) is 10.5 Å². The highest BCUT2D eigenvalue weighted by Crippen LogP contribution is 2.13. The molecule has 0 unspecified atom stereocenters. The van der Waals surface area contributed by atoms with E-state index in [1.165, 1.54) is 24.3 Å². The molecule has 0 aliphatic rings. The van der Waals surface area contributed by atoms with Crippen LogP contribution >= 0.6 is 11.6 Å². The quantitative estimate of drug-likeness (QED) is 0.514. The van der Waals surface area contributed by atoms with E-state index in [0.717, 1.165) is 5.56 Å². The molecule has 0 radical (unpaired) electrons. The molecule has 7 heteroatoms. The molecule has 1 amide bonds. The Hall–Kier alpha value is -2.73. The van der Waals surface area contributed by atoms with E-state index in [9.17, 15) is 14.9 Å². The summed E-state index contributed by atoms with van der Waals surface area (Å²) >= 11 is 5.84.